The molecule has 2 aliphatic carbocycles. The molecule has 0 amide bonds. The van der Waals surface area contributed by atoms with E-state index in [1.165, 1.54) is 0 Å². The fraction of sp³-hybridized carbons (Fsp3) is 0.833. The monoisotopic (exact) mass is 194 g/mol. The molecule has 14 heavy (non-hydrogen) atoms. The lowest BCUT2D eigenvalue weighted by molar-refractivity contribution is -0.138. The maximum Gasteiger partial charge on any atom is 0.139 e. The summed E-state index contributed by atoms with van der Waals surface area (Å²) in [4.78, 5) is 23.4. The Bertz CT molecular complexity index is 269. The fourth-order valence-corrected chi connectivity index (χ4v) is 3.09. The number of hydrogen-bond acceptors (Lipinski definition) is 2. The number of carbonyl (C=O) groups excluding carboxylic acids is 2. The summed E-state index contributed by atoms with van der Waals surface area (Å²) < 4.78 is 0. The molecule has 1 unspecified atom stereocenters. The minimum absolute atomic E-state index is 0.297. The Morgan fingerprint density at radius 2 is 1.79 bits per heavy atom. The highest BCUT2D eigenvalue weighted by atomic mass is 16.1. The van der Waals surface area contributed by atoms with Crippen LogP contribution in [0.1, 0.15) is 51.9 Å². The summed E-state index contributed by atoms with van der Waals surface area (Å²) >= 11 is 0. The lowest BCUT2D eigenvalue weighted by Crippen LogP contribution is -2.39. The van der Waals surface area contributed by atoms with Crippen LogP contribution in [0.25, 0.3) is 0 Å². The van der Waals surface area contributed by atoms with E-state index in [1.807, 2.05) is 6.92 Å². The molecule has 0 radical (unpaired) electrons. The molecular formula is C12H18O2. The second-order valence-corrected chi connectivity index (χ2v) is 5.04. The number of ketones is 2. The van der Waals surface area contributed by atoms with Gasteiger partial charge in [0.15, 0.2) is 0 Å². The molecule has 2 atom stereocenters. The van der Waals surface area contributed by atoms with E-state index in [2.05, 4.69) is 0 Å². The predicted molar refractivity (Wildman–Crippen MR) is 53.9 cm³/mol. The van der Waals surface area contributed by atoms with Gasteiger partial charge in [0.25, 0.3) is 0 Å². The quantitative estimate of drug-likeness (QED) is 0.593. The molecule has 0 heterocycles. The van der Waals surface area contributed by atoms with Gasteiger partial charge in [0.2, 0.25) is 0 Å². The topological polar surface area (TPSA) is 34.1 Å². The molecule has 0 aromatic heterocycles. The second kappa shape index (κ2) is 3.48. The Kier molecular flexibility index (Phi) is 2.46. The van der Waals surface area contributed by atoms with Gasteiger partial charge >= 0.3 is 0 Å². The standard InChI is InChI=1S/C12H18O2/c1-12-8-10(13)6-2-4-9(12)5-3-7-11(12)14/h9H,2-8H2,1H3/t9-,12?/m1/s1. The number of rotatable bonds is 0. The predicted octanol–water partition coefficient (Wildman–Crippen LogP) is 2.51. The van der Waals surface area contributed by atoms with Crippen LogP contribution in [0.15, 0.2) is 0 Å². The molecule has 2 aliphatic rings. The van der Waals surface area contributed by atoms with E-state index in [4.69, 9.17) is 0 Å². The first kappa shape index (κ1) is 9.88. The van der Waals surface area contributed by atoms with Crippen molar-refractivity contribution in [3.63, 3.8) is 0 Å². The van der Waals surface area contributed by atoms with Crippen LogP contribution in [0.3, 0.4) is 0 Å². The van der Waals surface area contributed by atoms with Crippen LogP contribution >= 0.6 is 0 Å². The van der Waals surface area contributed by atoms with E-state index in [0.29, 0.717) is 36.7 Å². The van der Waals surface area contributed by atoms with E-state index in [9.17, 15) is 9.59 Å². The molecule has 2 nitrogen and oxygen atoms in total. The van der Waals surface area contributed by atoms with Crippen molar-refractivity contribution in [2.24, 2.45) is 11.3 Å². The van der Waals surface area contributed by atoms with Crippen molar-refractivity contribution in [1.82, 2.24) is 0 Å². The van der Waals surface area contributed by atoms with E-state index in [1.54, 1.807) is 0 Å². The van der Waals surface area contributed by atoms with E-state index < -0.39 is 0 Å². The third-order valence-electron chi connectivity index (χ3n) is 4.07. The van der Waals surface area contributed by atoms with Crippen LogP contribution in [0.4, 0.5) is 0 Å². The molecule has 2 rings (SSSR count). The van der Waals surface area contributed by atoms with Gasteiger partial charge in [0, 0.05) is 24.7 Å². The highest BCUT2D eigenvalue weighted by Gasteiger charge is 2.45. The van der Waals surface area contributed by atoms with Crippen LogP contribution in [-0.2, 0) is 9.59 Å². The minimum Gasteiger partial charge on any atom is -0.300 e. The summed E-state index contributed by atoms with van der Waals surface area (Å²) in [5, 5.41) is 0. The fourth-order valence-electron chi connectivity index (χ4n) is 3.09. The molecule has 2 fully saturated rings. The maximum atomic E-state index is 11.9. The van der Waals surface area contributed by atoms with Crippen molar-refractivity contribution in [2.75, 3.05) is 0 Å². The molecule has 0 bridgehead atoms. The normalized spacial score (nSPS) is 39.1. The summed E-state index contributed by atoms with van der Waals surface area (Å²) in [6, 6.07) is 0. The molecule has 0 spiro atoms. The van der Waals surface area contributed by atoms with Crippen LogP contribution in [0.5, 0.6) is 0 Å². The Morgan fingerprint density at radius 1 is 1.14 bits per heavy atom. The summed E-state index contributed by atoms with van der Waals surface area (Å²) in [6.07, 6.45) is 6.15. The van der Waals surface area contributed by atoms with Gasteiger partial charge in [-0.2, -0.15) is 0 Å². The van der Waals surface area contributed by atoms with E-state index in [-0.39, 0.29) is 5.41 Å². The summed E-state index contributed by atoms with van der Waals surface area (Å²) in [5.74, 6) is 1.12. The first-order valence-corrected chi connectivity index (χ1v) is 5.68. The average molecular weight is 194 g/mol. The van der Waals surface area contributed by atoms with Crippen molar-refractivity contribution in [2.45, 2.75) is 51.9 Å². The molecule has 0 aliphatic heterocycles. The Hall–Kier alpha value is -0.660. The summed E-state index contributed by atoms with van der Waals surface area (Å²) in [5.41, 5.74) is -0.300. The lowest BCUT2D eigenvalue weighted by atomic mass is 9.64. The van der Waals surface area contributed by atoms with Crippen molar-refractivity contribution >= 4 is 11.6 Å². The van der Waals surface area contributed by atoms with Gasteiger partial charge in [0.1, 0.15) is 11.6 Å². The molecule has 0 saturated heterocycles. The molecular weight excluding hydrogens is 176 g/mol. The van der Waals surface area contributed by atoms with Gasteiger partial charge in [-0.3, -0.25) is 9.59 Å². The smallest absolute Gasteiger partial charge is 0.139 e. The number of hydrogen-bond donors (Lipinski definition) is 0. The Morgan fingerprint density at radius 3 is 2.50 bits per heavy atom. The zero-order valence-electron chi connectivity index (χ0n) is 8.84. The van der Waals surface area contributed by atoms with Gasteiger partial charge in [-0.1, -0.05) is 6.92 Å². The Labute approximate surface area is 85.1 Å². The molecule has 2 saturated carbocycles. The Balaban J connectivity index is 2.26. The van der Waals surface area contributed by atoms with Crippen molar-refractivity contribution in [3.8, 4) is 0 Å². The molecule has 0 N–H and O–H groups in total. The third-order valence-corrected chi connectivity index (χ3v) is 4.07. The summed E-state index contributed by atoms with van der Waals surface area (Å²) in [6.45, 7) is 2.02. The molecule has 0 aromatic rings. The maximum absolute atomic E-state index is 11.9. The van der Waals surface area contributed by atoms with Gasteiger partial charge < -0.3 is 0 Å². The number of Topliss-reactive ketones (excluding diaryl/α,β-unsaturated/α-hetero) is 2. The highest BCUT2D eigenvalue weighted by molar-refractivity contribution is 5.91. The van der Waals surface area contributed by atoms with Gasteiger partial charge in [-0.25, -0.2) is 0 Å². The molecule has 2 heteroatoms. The largest absolute Gasteiger partial charge is 0.300 e. The van der Waals surface area contributed by atoms with Gasteiger partial charge in [-0.05, 0) is 31.6 Å². The molecule has 0 aromatic carbocycles. The second-order valence-electron chi connectivity index (χ2n) is 5.04. The van der Waals surface area contributed by atoms with Gasteiger partial charge in [0.05, 0.1) is 0 Å². The highest BCUT2D eigenvalue weighted by Crippen LogP contribution is 2.45. The first-order valence-electron chi connectivity index (χ1n) is 5.68. The zero-order chi connectivity index (χ0) is 10.2. The van der Waals surface area contributed by atoms with E-state index >= 15 is 0 Å². The van der Waals surface area contributed by atoms with Crippen molar-refractivity contribution in [3.05, 3.63) is 0 Å². The van der Waals surface area contributed by atoms with Crippen molar-refractivity contribution < 1.29 is 9.59 Å². The van der Waals surface area contributed by atoms with Crippen molar-refractivity contribution in [1.29, 1.82) is 0 Å². The zero-order valence-corrected chi connectivity index (χ0v) is 8.84. The summed E-state index contributed by atoms with van der Waals surface area (Å²) in [7, 11) is 0. The van der Waals surface area contributed by atoms with Crippen LogP contribution in [-0.4, -0.2) is 11.6 Å². The van der Waals surface area contributed by atoms with Gasteiger partial charge in [-0.15, -0.1) is 0 Å². The van der Waals surface area contributed by atoms with Crippen LogP contribution < -0.4 is 0 Å². The number of carbonyl (C=O) groups is 2. The van der Waals surface area contributed by atoms with Crippen LogP contribution in [0.2, 0.25) is 0 Å². The SMILES string of the molecule is CC12CC(=O)CCC[C@@H]1CCCC2=O. The third kappa shape index (κ3) is 1.51. The number of fused-ring (bicyclic) bond motifs is 1. The lowest BCUT2D eigenvalue weighted by Gasteiger charge is -2.38. The first-order chi connectivity index (χ1) is 6.63. The van der Waals surface area contributed by atoms with E-state index in [0.717, 1.165) is 25.7 Å². The minimum atomic E-state index is -0.300. The average Bonchev–Trinajstić information content (AvgIpc) is 2.26. The van der Waals surface area contributed by atoms with Crippen LogP contribution in [0, 0.1) is 11.3 Å². The molecule has 78 valence electrons.